The molecule has 0 heterocycles. The van der Waals surface area contributed by atoms with Crippen molar-refractivity contribution in [2.24, 2.45) is 0 Å². The van der Waals surface area contributed by atoms with Crippen LogP contribution in [-0.2, 0) is 14.5 Å². The number of rotatable bonds is 5. The van der Waals surface area contributed by atoms with Gasteiger partial charge in [-0.1, -0.05) is 36.4 Å². The van der Waals surface area contributed by atoms with Gasteiger partial charge in [-0.05, 0) is 12.1 Å². The number of para-hydroxylation sites is 1. The Morgan fingerprint density at radius 2 is 1.71 bits per heavy atom. The summed E-state index contributed by atoms with van der Waals surface area (Å²) in [6.45, 7) is 0. The lowest BCUT2D eigenvalue weighted by atomic mass is 10.0. The summed E-state index contributed by atoms with van der Waals surface area (Å²) in [5, 5.41) is 8.49. The van der Waals surface area contributed by atoms with Gasteiger partial charge in [-0.15, -0.1) is 4.33 Å². The van der Waals surface area contributed by atoms with Crippen molar-refractivity contribution in [3.05, 3.63) is 59.7 Å². The van der Waals surface area contributed by atoms with Gasteiger partial charge in [0.05, 0.1) is 12.7 Å². The molecule has 1 N–H and O–H groups in total. The summed E-state index contributed by atoms with van der Waals surface area (Å²) in [7, 11) is -3.17. The highest BCUT2D eigenvalue weighted by Crippen LogP contribution is 2.30. The van der Waals surface area contributed by atoms with E-state index in [4.69, 9.17) is 9.99 Å². The highest BCUT2D eigenvalue weighted by Gasteiger charge is 2.25. The first-order chi connectivity index (χ1) is 10.0. The van der Waals surface area contributed by atoms with Crippen LogP contribution < -0.4 is 4.74 Å². The highest BCUT2D eigenvalue weighted by molar-refractivity contribution is 7.86. The average molecular weight is 308 g/mol. The predicted molar refractivity (Wildman–Crippen MR) is 73.8 cm³/mol. The Balaban J connectivity index is 2.61. The van der Waals surface area contributed by atoms with Gasteiger partial charge in [-0.25, -0.2) is 5.26 Å². The largest absolute Gasteiger partial charge is 0.495 e. The van der Waals surface area contributed by atoms with E-state index in [-0.39, 0.29) is 11.3 Å². The minimum Gasteiger partial charge on any atom is -0.495 e. The van der Waals surface area contributed by atoms with Crippen molar-refractivity contribution < 1.29 is 27.5 Å². The molecule has 0 saturated carbocycles. The average Bonchev–Trinajstić information content (AvgIpc) is 2.54. The summed E-state index contributed by atoms with van der Waals surface area (Å²) >= 11 is 0. The maximum absolute atomic E-state index is 12.4. The fourth-order valence-electron chi connectivity index (χ4n) is 1.89. The number of ether oxygens (including phenoxy) is 1. The minimum absolute atomic E-state index is 0.0572. The molecule has 0 aliphatic carbocycles. The van der Waals surface area contributed by atoms with Crippen LogP contribution in [0.15, 0.2) is 53.4 Å². The van der Waals surface area contributed by atoms with Gasteiger partial charge in [0.25, 0.3) is 0 Å². The lowest BCUT2D eigenvalue weighted by Gasteiger charge is -2.11. The third-order valence-corrected chi connectivity index (χ3v) is 3.89. The van der Waals surface area contributed by atoms with Crippen LogP contribution in [0.3, 0.4) is 0 Å². The molecule has 0 radical (unpaired) electrons. The van der Waals surface area contributed by atoms with E-state index in [0.29, 0.717) is 5.56 Å². The van der Waals surface area contributed by atoms with Crippen LogP contribution in [0.1, 0.15) is 15.9 Å². The molecule has 2 aromatic carbocycles. The van der Waals surface area contributed by atoms with E-state index in [2.05, 4.69) is 4.33 Å². The second kappa shape index (κ2) is 6.04. The van der Waals surface area contributed by atoms with Crippen molar-refractivity contribution in [1.29, 1.82) is 0 Å². The number of ketones is 1. The third-order valence-electron chi connectivity index (χ3n) is 2.83. The van der Waals surface area contributed by atoms with E-state index in [0.717, 1.165) is 0 Å². The summed E-state index contributed by atoms with van der Waals surface area (Å²) in [6.07, 6.45) is 0. The fraction of sp³-hybridized carbons (Fsp3) is 0.0714. The standard InChI is InChI=1S/C14H12O6S/c1-19-14-11(13(15)10-6-3-2-4-7-10)8-5-9-12(14)21(17,18)20-16/h2-9,16H,1H3. The molecule has 0 spiro atoms. The molecular weight excluding hydrogens is 296 g/mol. The topological polar surface area (TPSA) is 89.9 Å². The summed E-state index contributed by atoms with van der Waals surface area (Å²) in [5.41, 5.74) is 0.442. The van der Waals surface area contributed by atoms with Crippen LogP contribution in [0, 0.1) is 0 Å². The monoisotopic (exact) mass is 308 g/mol. The molecule has 0 fully saturated rings. The van der Waals surface area contributed by atoms with Crippen molar-refractivity contribution in [3.63, 3.8) is 0 Å². The maximum atomic E-state index is 12.4. The number of methoxy groups -OCH3 is 1. The van der Waals surface area contributed by atoms with Crippen LogP contribution in [0.4, 0.5) is 0 Å². The molecule has 0 unspecified atom stereocenters. The van der Waals surface area contributed by atoms with E-state index < -0.39 is 20.8 Å². The van der Waals surface area contributed by atoms with E-state index in [1.54, 1.807) is 30.3 Å². The molecule has 2 rings (SSSR count). The van der Waals surface area contributed by atoms with Gasteiger partial charge < -0.3 is 4.74 Å². The Kier molecular flexibility index (Phi) is 4.37. The molecule has 0 saturated heterocycles. The van der Waals surface area contributed by atoms with Gasteiger partial charge in [-0.3, -0.25) is 4.79 Å². The highest BCUT2D eigenvalue weighted by atomic mass is 32.2. The van der Waals surface area contributed by atoms with Gasteiger partial charge in [0, 0.05) is 5.56 Å². The third kappa shape index (κ3) is 2.94. The molecular formula is C14H12O6S. The zero-order valence-corrected chi connectivity index (χ0v) is 11.8. The molecule has 0 aliphatic heterocycles. The first-order valence-corrected chi connectivity index (χ1v) is 7.27. The van der Waals surface area contributed by atoms with Gasteiger partial charge in [-0.2, -0.15) is 8.42 Å². The predicted octanol–water partition coefficient (Wildman–Crippen LogP) is 2.10. The van der Waals surface area contributed by atoms with Gasteiger partial charge in [0.15, 0.2) is 11.5 Å². The number of carbonyl (C=O) groups excluding carboxylic acids is 1. The summed E-state index contributed by atoms with van der Waals surface area (Å²) in [6, 6.07) is 12.3. The van der Waals surface area contributed by atoms with Crippen molar-refractivity contribution in [2.75, 3.05) is 7.11 Å². The van der Waals surface area contributed by atoms with Crippen LogP contribution in [-0.4, -0.2) is 26.6 Å². The number of hydrogen-bond donors (Lipinski definition) is 1. The Morgan fingerprint density at radius 3 is 2.29 bits per heavy atom. The first-order valence-electron chi connectivity index (χ1n) is 5.86. The molecule has 2 aromatic rings. The van der Waals surface area contributed by atoms with Crippen LogP contribution >= 0.6 is 0 Å². The zero-order valence-electron chi connectivity index (χ0n) is 11.0. The van der Waals surface area contributed by atoms with E-state index in [1.165, 1.54) is 25.3 Å². The summed E-state index contributed by atoms with van der Waals surface area (Å²) < 4.78 is 31.8. The number of carbonyl (C=O) groups is 1. The van der Waals surface area contributed by atoms with Crippen molar-refractivity contribution >= 4 is 15.9 Å². The summed E-state index contributed by atoms with van der Waals surface area (Å²) in [5.74, 6) is -0.581. The van der Waals surface area contributed by atoms with Gasteiger partial charge >= 0.3 is 10.1 Å². The second-order valence-electron chi connectivity index (χ2n) is 4.06. The Hall–Kier alpha value is -2.22. The SMILES string of the molecule is COc1c(C(=O)c2ccccc2)cccc1S(=O)(=O)OO. The molecule has 0 bridgehead atoms. The van der Waals surface area contributed by atoms with Crippen molar-refractivity contribution in [1.82, 2.24) is 0 Å². The van der Waals surface area contributed by atoms with Crippen LogP contribution in [0.25, 0.3) is 0 Å². The minimum atomic E-state index is -4.40. The van der Waals surface area contributed by atoms with E-state index in [1.807, 2.05) is 0 Å². The van der Waals surface area contributed by atoms with Crippen LogP contribution in [0.2, 0.25) is 0 Å². The Morgan fingerprint density at radius 1 is 1.05 bits per heavy atom. The smallest absolute Gasteiger partial charge is 0.326 e. The Bertz CT molecular complexity index is 752. The summed E-state index contributed by atoms with van der Waals surface area (Å²) in [4.78, 5) is 12.0. The van der Waals surface area contributed by atoms with E-state index in [9.17, 15) is 13.2 Å². The zero-order chi connectivity index (χ0) is 15.5. The second-order valence-corrected chi connectivity index (χ2v) is 5.56. The molecule has 21 heavy (non-hydrogen) atoms. The molecule has 110 valence electrons. The van der Waals surface area contributed by atoms with Crippen LogP contribution in [0.5, 0.6) is 5.75 Å². The normalized spacial score (nSPS) is 11.1. The number of hydrogen-bond acceptors (Lipinski definition) is 6. The molecule has 0 aromatic heterocycles. The quantitative estimate of drug-likeness (QED) is 0.517. The molecule has 0 amide bonds. The Labute approximate surface area is 121 Å². The molecule has 0 atom stereocenters. The lowest BCUT2D eigenvalue weighted by molar-refractivity contribution is -0.130. The van der Waals surface area contributed by atoms with Gasteiger partial charge in [0.1, 0.15) is 4.90 Å². The van der Waals surface area contributed by atoms with E-state index >= 15 is 0 Å². The van der Waals surface area contributed by atoms with Gasteiger partial charge in [0.2, 0.25) is 0 Å². The first kappa shape index (κ1) is 15.2. The maximum Gasteiger partial charge on any atom is 0.326 e. The molecule has 0 aliphatic rings. The number of benzene rings is 2. The fourth-order valence-corrected chi connectivity index (χ4v) is 2.63. The molecule has 6 nitrogen and oxygen atoms in total. The van der Waals surface area contributed by atoms with Crippen molar-refractivity contribution in [3.8, 4) is 5.75 Å². The van der Waals surface area contributed by atoms with Crippen molar-refractivity contribution in [2.45, 2.75) is 4.90 Å². The molecule has 7 heteroatoms. The lowest BCUT2D eigenvalue weighted by Crippen LogP contribution is -2.10.